The van der Waals surface area contributed by atoms with Crippen LogP contribution in [0.1, 0.15) is 26.7 Å². The van der Waals surface area contributed by atoms with Crippen molar-refractivity contribution in [2.75, 3.05) is 39.3 Å². The number of hydrogen-bond acceptors (Lipinski definition) is 3. The second-order valence-corrected chi connectivity index (χ2v) is 7.44. The molecule has 1 heterocycles. The lowest BCUT2D eigenvalue weighted by Crippen LogP contribution is -2.46. The van der Waals surface area contributed by atoms with Gasteiger partial charge in [0.25, 0.3) is 0 Å². The van der Waals surface area contributed by atoms with E-state index in [9.17, 15) is 4.79 Å². The van der Waals surface area contributed by atoms with E-state index in [1.165, 1.54) is 6.92 Å². The molecule has 1 amide bonds. The number of rotatable bonds is 7. The summed E-state index contributed by atoms with van der Waals surface area (Å²) < 4.78 is 5.88. The van der Waals surface area contributed by atoms with E-state index in [2.05, 4.69) is 27.4 Å². The lowest BCUT2D eigenvalue weighted by Gasteiger charge is -2.34. The van der Waals surface area contributed by atoms with Gasteiger partial charge in [-0.3, -0.25) is 9.79 Å². The topological polar surface area (TPSA) is 66.0 Å². The summed E-state index contributed by atoms with van der Waals surface area (Å²) in [6.45, 7) is 8.02. The predicted molar refractivity (Wildman–Crippen MR) is 126 cm³/mol. The smallest absolute Gasteiger partial charge is 0.216 e. The number of ether oxygens (including phenoxy) is 1. The summed E-state index contributed by atoms with van der Waals surface area (Å²) in [4.78, 5) is 17.8. The maximum absolute atomic E-state index is 10.9. The number of hydrogen-bond donors (Lipinski definition) is 2. The molecule has 0 spiro atoms. The summed E-state index contributed by atoms with van der Waals surface area (Å²) in [5, 5.41) is 7.26. The van der Waals surface area contributed by atoms with Gasteiger partial charge in [-0.25, -0.2) is 0 Å². The minimum atomic E-state index is -0.0305. The third kappa shape index (κ3) is 9.05. The average molecular weight is 543 g/mol. The van der Waals surface area contributed by atoms with E-state index in [1.54, 1.807) is 18.2 Å². The first kappa shape index (κ1) is 25.1. The maximum Gasteiger partial charge on any atom is 0.216 e. The number of halogens is 3. The van der Waals surface area contributed by atoms with Crippen LogP contribution in [0.25, 0.3) is 0 Å². The average Bonchev–Trinajstić information content (AvgIpc) is 2.62. The third-order valence-electron chi connectivity index (χ3n) is 4.32. The number of carbonyl (C=O) groups excluding carboxylic acids is 1. The van der Waals surface area contributed by atoms with Gasteiger partial charge in [-0.05, 0) is 43.9 Å². The molecular weight excluding hydrogens is 514 g/mol. The quantitative estimate of drug-likeness (QED) is 0.238. The largest absolute Gasteiger partial charge is 0.493 e. The van der Waals surface area contributed by atoms with E-state index < -0.39 is 0 Å². The maximum atomic E-state index is 10.9. The van der Waals surface area contributed by atoms with Crippen LogP contribution in [-0.2, 0) is 4.79 Å². The number of likely N-dealkylation sites (tertiary alicyclic amines) is 1. The van der Waals surface area contributed by atoms with E-state index in [0.717, 1.165) is 38.4 Å². The molecule has 1 fully saturated rings. The summed E-state index contributed by atoms with van der Waals surface area (Å²) in [5.74, 6) is 2.07. The fraction of sp³-hybridized carbons (Fsp3) is 0.579. The number of amides is 1. The Morgan fingerprint density at radius 3 is 2.43 bits per heavy atom. The molecule has 1 saturated heterocycles. The lowest BCUT2D eigenvalue weighted by molar-refractivity contribution is -0.118. The van der Waals surface area contributed by atoms with Gasteiger partial charge in [-0.15, -0.1) is 24.0 Å². The Balaban J connectivity index is 0.00000392. The molecule has 0 atom stereocenters. The molecule has 1 aromatic carbocycles. The van der Waals surface area contributed by atoms with Gasteiger partial charge in [0.2, 0.25) is 5.91 Å². The molecule has 0 saturated carbocycles. The SMILES string of the molecule is CCNC(=NCCNC(C)=O)N1CCC(COc2cc(Cl)cc(Cl)c2)CC1.I. The van der Waals surface area contributed by atoms with Crippen molar-refractivity contribution < 1.29 is 9.53 Å². The monoisotopic (exact) mass is 542 g/mol. The lowest BCUT2D eigenvalue weighted by atomic mass is 9.98. The fourth-order valence-corrected chi connectivity index (χ4v) is 3.46. The number of aliphatic imine (C=N–C) groups is 1. The molecule has 0 aromatic heterocycles. The third-order valence-corrected chi connectivity index (χ3v) is 4.75. The van der Waals surface area contributed by atoms with Gasteiger partial charge in [0.15, 0.2) is 5.96 Å². The number of nitrogens with one attached hydrogen (secondary N) is 2. The second kappa shape index (κ2) is 13.3. The molecule has 0 radical (unpaired) electrons. The van der Waals surface area contributed by atoms with Gasteiger partial charge >= 0.3 is 0 Å². The van der Waals surface area contributed by atoms with Crippen LogP contribution in [0.5, 0.6) is 5.75 Å². The number of piperidine rings is 1. The van der Waals surface area contributed by atoms with Crippen molar-refractivity contribution in [1.29, 1.82) is 0 Å². The van der Waals surface area contributed by atoms with Crippen LogP contribution in [0.3, 0.4) is 0 Å². The van der Waals surface area contributed by atoms with Gasteiger partial charge < -0.3 is 20.3 Å². The Morgan fingerprint density at radius 2 is 1.86 bits per heavy atom. The van der Waals surface area contributed by atoms with Crippen LogP contribution >= 0.6 is 47.2 Å². The van der Waals surface area contributed by atoms with E-state index in [0.29, 0.717) is 41.4 Å². The van der Waals surface area contributed by atoms with Gasteiger partial charge in [-0.1, -0.05) is 23.2 Å². The van der Waals surface area contributed by atoms with Crippen molar-refractivity contribution in [2.24, 2.45) is 10.9 Å². The zero-order valence-electron chi connectivity index (χ0n) is 16.3. The molecule has 1 aliphatic heterocycles. The number of nitrogens with zero attached hydrogens (tertiary/aromatic N) is 2. The minimum Gasteiger partial charge on any atom is -0.493 e. The van der Waals surface area contributed by atoms with Crippen LogP contribution in [-0.4, -0.2) is 56.1 Å². The zero-order valence-corrected chi connectivity index (χ0v) is 20.2. The number of carbonyl (C=O) groups is 1. The molecule has 0 aliphatic carbocycles. The van der Waals surface area contributed by atoms with Crippen molar-refractivity contribution >= 4 is 59.0 Å². The highest BCUT2D eigenvalue weighted by Gasteiger charge is 2.22. The summed E-state index contributed by atoms with van der Waals surface area (Å²) >= 11 is 12.0. The van der Waals surface area contributed by atoms with E-state index in [1.807, 2.05) is 0 Å². The molecule has 0 unspecified atom stereocenters. The van der Waals surface area contributed by atoms with E-state index in [4.69, 9.17) is 27.9 Å². The molecule has 9 heteroatoms. The standard InChI is InChI=1S/C19H28Cl2N4O2.HI/c1-3-22-19(24-7-6-23-14(2)26)25-8-4-15(5-9-25)13-27-18-11-16(20)10-17(21)12-18;/h10-12,15H,3-9,13H2,1-2H3,(H,22,24)(H,23,26);1H. The Kier molecular flexibility index (Phi) is 11.9. The van der Waals surface area contributed by atoms with Crippen LogP contribution in [0.2, 0.25) is 10.0 Å². The molecule has 28 heavy (non-hydrogen) atoms. The first-order chi connectivity index (χ1) is 13.0. The van der Waals surface area contributed by atoms with Crippen LogP contribution in [0, 0.1) is 5.92 Å². The zero-order chi connectivity index (χ0) is 19.6. The Bertz CT molecular complexity index is 633. The molecule has 1 aliphatic rings. The molecular formula is C19H29Cl2IN4O2. The van der Waals surface area contributed by atoms with Gasteiger partial charge in [0.1, 0.15) is 5.75 Å². The predicted octanol–water partition coefficient (Wildman–Crippen LogP) is 3.80. The highest BCUT2D eigenvalue weighted by Crippen LogP contribution is 2.26. The van der Waals surface area contributed by atoms with E-state index >= 15 is 0 Å². The normalized spacial score (nSPS) is 15.0. The van der Waals surface area contributed by atoms with Crippen LogP contribution in [0.4, 0.5) is 0 Å². The second-order valence-electron chi connectivity index (χ2n) is 6.57. The van der Waals surface area contributed by atoms with Crippen molar-refractivity contribution in [3.8, 4) is 5.75 Å². The number of benzene rings is 1. The molecule has 158 valence electrons. The minimum absolute atomic E-state index is 0. The van der Waals surface area contributed by atoms with Gasteiger partial charge in [-0.2, -0.15) is 0 Å². The summed E-state index contributed by atoms with van der Waals surface area (Å²) in [6, 6.07) is 5.27. The first-order valence-electron chi connectivity index (χ1n) is 9.34. The Morgan fingerprint density at radius 1 is 1.21 bits per heavy atom. The van der Waals surface area contributed by atoms with Crippen molar-refractivity contribution in [3.05, 3.63) is 28.2 Å². The first-order valence-corrected chi connectivity index (χ1v) is 10.1. The van der Waals surface area contributed by atoms with E-state index in [-0.39, 0.29) is 29.9 Å². The van der Waals surface area contributed by atoms with Crippen molar-refractivity contribution in [1.82, 2.24) is 15.5 Å². The summed E-state index contributed by atoms with van der Waals surface area (Å²) in [7, 11) is 0. The highest BCUT2D eigenvalue weighted by molar-refractivity contribution is 14.0. The Hall–Kier alpha value is -0.930. The summed E-state index contributed by atoms with van der Waals surface area (Å²) in [6.07, 6.45) is 2.06. The molecule has 1 aromatic rings. The van der Waals surface area contributed by atoms with Crippen molar-refractivity contribution in [2.45, 2.75) is 26.7 Å². The molecule has 2 N–H and O–H groups in total. The molecule has 0 bridgehead atoms. The molecule has 6 nitrogen and oxygen atoms in total. The van der Waals surface area contributed by atoms with Crippen molar-refractivity contribution in [3.63, 3.8) is 0 Å². The Labute approximate surface area is 194 Å². The summed E-state index contributed by atoms with van der Waals surface area (Å²) in [5.41, 5.74) is 0. The molecule has 2 rings (SSSR count). The fourth-order valence-electron chi connectivity index (χ4n) is 2.96. The van der Waals surface area contributed by atoms with Gasteiger partial charge in [0, 0.05) is 43.1 Å². The highest BCUT2D eigenvalue weighted by atomic mass is 127. The van der Waals surface area contributed by atoms with Gasteiger partial charge in [0.05, 0.1) is 13.2 Å². The van der Waals surface area contributed by atoms with Crippen LogP contribution < -0.4 is 15.4 Å². The number of guanidine groups is 1. The van der Waals surface area contributed by atoms with Crippen LogP contribution in [0.15, 0.2) is 23.2 Å².